The van der Waals surface area contributed by atoms with Crippen molar-refractivity contribution < 1.29 is 0 Å². The van der Waals surface area contributed by atoms with Crippen LogP contribution in [0.5, 0.6) is 0 Å². The molecule has 0 saturated carbocycles. The number of nitriles is 2. The highest BCUT2D eigenvalue weighted by Crippen LogP contribution is 2.21. The van der Waals surface area contributed by atoms with Crippen LogP contribution in [0.15, 0.2) is 48.7 Å². The Morgan fingerprint density at radius 1 is 1.12 bits per heavy atom. The number of aromatic nitrogens is 3. The molecule has 0 aliphatic carbocycles. The van der Waals surface area contributed by atoms with Crippen LogP contribution in [-0.4, -0.2) is 21.3 Å². The largest absolute Gasteiger partial charge is 0.385 e. The van der Waals surface area contributed by atoms with Crippen molar-refractivity contribution in [2.45, 2.75) is 12.8 Å². The lowest BCUT2D eigenvalue weighted by atomic mass is 10.1. The molecule has 0 aliphatic rings. The van der Waals surface area contributed by atoms with E-state index in [1.54, 1.807) is 16.9 Å². The lowest BCUT2D eigenvalue weighted by Crippen LogP contribution is -2.04. The number of anilines is 2. The van der Waals surface area contributed by atoms with Gasteiger partial charge in [-0.05, 0) is 37.1 Å². The molecule has 2 heterocycles. The molecule has 0 atom stereocenters. The van der Waals surface area contributed by atoms with Crippen molar-refractivity contribution in [3.63, 3.8) is 0 Å². The van der Waals surface area contributed by atoms with Gasteiger partial charge in [0.05, 0.1) is 11.4 Å². The third-order valence-corrected chi connectivity index (χ3v) is 3.90. The summed E-state index contributed by atoms with van der Waals surface area (Å²) in [4.78, 5) is 3.93. The molecule has 0 amide bonds. The van der Waals surface area contributed by atoms with E-state index in [-0.39, 0.29) is 0 Å². The van der Waals surface area contributed by atoms with E-state index in [2.05, 4.69) is 21.5 Å². The van der Waals surface area contributed by atoms with Crippen LogP contribution < -0.4 is 11.1 Å². The molecule has 0 fully saturated rings. The van der Waals surface area contributed by atoms with E-state index in [0.29, 0.717) is 35.7 Å². The molecule has 0 bridgehead atoms. The van der Waals surface area contributed by atoms with Gasteiger partial charge in [-0.25, -0.2) is 9.67 Å². The number of hydrogen-bond acceptors (Lipinski definition) is 6. The molecule has 3 rings (SSSR count). The van der Waals surface area contributed by atoms with Crippen molar-refractivity contribution >= 4 is 11.5 Å². The van der Waals surface area contributed by atoms with Crippen LogP contribution in [0.4, 0.5) is 11.5 Å². The van der Waals surface area contributed by atoms with Gasteiger partial charge in [0.2, 0.25) is 0 Å². The monoisotopic (exact) mass is 343 g/mol. The molecule has 7 heteroatoms. The first-order valence-corrected chi connectivity index (χ1v) is 8.16. The molecule has 128 valence electrons. The molecule has 1 aromatic carbocycles. The molecule has 7 nitrogen and oxygen atoms in total. The van der Waals surface area contributed by atoms with Gasteiger partial charge in [-0.1, -0.05) is 18.2 Å². The van der Waals surface area contributed by atoms with Gasteiger partial charge >= 0.3 is 0 Å². The Kier molecular flexibility index (Phi) is 5.11. The Bertz CT molecular complexity index is 977. The van der Waals surface area contributed by atoms with Crippen LogP contribution in [0.2, 0.25) is 0 Å². The molecule has 3 aromatic rings. The maximum Gasteiger partial charge on any atom is 0.145 e. The number of para-hydroxylation sites is 1. The first-order chi connectivity index (χ1) is 12.7. The second-order valence-corrected chi connectivity index (χ2v) is 5.64. The Morgan fingerprint density at radius 3 is 2.65 bits per heavy atom. The van der Waals surface area contributed by atoms with Crippen molar-refractivity contribution in [2.24, 2.45) is 0 Å². The molecule has 3 N–H and O–H groups in total. The Labute approximate surface area is 151 Å². The average molecular weight is 343 g/mol. The second-order valence-electron chi connectivity index (χ2n) is 5.64. The molecule has 0 saturated heterocycles. The van der Waals surface area contributed by atoms with Crippen LogP contribution in [-0.2, 0) is 6.42 Å². The fourth-order valence-electron chi connectivity index (χ4n) is 2.63. The van der Waals surface area contributed by atoms with Crippen molar-refractivity contribution in [2.75, 3.05) is 17.6 Å². The summed E-state index contributed by atoms with van der Waals surface area (Å²) in [6.45, 7) is 0.678. The van der Waals surface area contributed by atoms with Gasteiger partial charge in [0.25, 0.3) is 0 Å². The molecule has 26 heavy (non-hydrogen) atoms. The zero-order valence-corrected chi connectivity index (χ0v) is 14.1. The maximum atomic E-state index is 9.42. The zero-order valence-electron chi connectivity index (χ0n) is 14.1. The van der Waals surface area contributed by atoms with Crippen LogP contribution in [0.25, 0.3) is 5.69 Å². The fourth-order valence-corrected chi connectivity index (χ4v) is 2.63. The number of pyridine rings is 1. The Morgan fingerprint density at radius 2 is 1.92 bits per heavy atom. The summed E-state index contributed by atoms with van der Waals surface area (Å²) in [6, 6.07) is 17.2. The summed E-state index contributed by atoms with van der Waals surface area (Å²) in [7, 11) is 0. The summed E-state index contributed by atoms with van der Waals surface area (Å²) in [5.41, 5.74) is 9.24. The van der Waals surface area contributed by atoms with E-state index in [4.69, 9.17) is 11.0 Å². The van der Waals surface area contributed by atoms with E-state index in [1.807, 2.05) is 42.5 Å². The van der Waals surface area contributed by atoms with Crippen molar-refractivity contribution in [3.8, 4) is 17.8 Å². The topological polar surface area (TPSA) is 116 Å². The van der Waals surface area contributed by atoms with Crippen LogP contribution in [0, 0.1) is 22.7 Å². The normalized spacial score (nSPS) is 10.1. The highest BCUT2D eigenvalue weighted by Gasteiger charge is 2.16. The van der Waals surface area contributed by atoms with Crippen molar-refractivity contribution in [1.29, 1.82) is 10.5 Å². The summed E-state index contributed by atoms with van der Waals surface area (Å²) >= 11 is 0. The summed E-state index contributed by atoms with van der Waals surface area (Å²) in [5.74, 6) is 0.356. The second kappa shape index (κ2) is 7.82. The minimum Gasteiger partial charge on any atom is -0.385 e. The quantitative estimate of drug-likeness (QED) is 0.665. The lowest BCUT2D eigenvalue weighted by Gasteiger charge is -2.05. The van der Waals surface area contributed by atoms with Crippen LogP contribution in [0.1, 0.15) is 23.4 Å². The van der Waals surface area contributed by atoms with E-state index >= 15 is 0 Å². The zero-order chi connectivity index (χ0) is 18.4. The maximum absolute atomic E-state index is 9.42. The van der Waals surface area contributed by atoms with Gasteiger partial charge in [0.1, 0.15) is 29.2 Å². The highest BCUT2D eigenvalue weighted by atomic mass is 15.3. The predicted molar refractivity (Wildman–Crippen MR) is 98.5 cm³/mol. The van der Waals surface area contributed by atoms with Crippen molar-refractivity contribution in [3.05, 3.63) is 65.6 Å². The van der Waals surface area contributed by atoms with E-state index in [0.717, 1.165) is 17.8 Å². The van der Waals surface area contributed by atoms with E-state index in [9.17, 15) is 5.26 Å². The van der Waals surface area contributed by atoms with Gasteiger partial charge in [-0.3, -0.25) is 0 Å². The van der Waals surface area contributed by atoms with Gasteiger partial charge in [0.15, 0.2) is 0 Å². The van der Waals surface area contributed by atoms with Crippen molar-refractivity contribution in [1.82, 2.24) is 14.8 Å². The standard InChI is InChI=1S/C19H17N7/c20-12-15-11-14(8-10-24-15)23-9-4-7-18-17(13-21)19(22)26(25-18)16-5-2-1-3-6-16/h1-3,5-6,8,10-11H,4,7,9,22H2,(H,23,24). The van der Waals surface area contributed by atoms with Crippen LogP contribution in [0.3, 0.4) is 0 Å². The number of aryl methyl sites for hydroxylation is 1. The van der Waals surface area contributed by atoms with Gasteiger partial charge in [-0.2, -0.15) is 15.6 Å². The molecular weight excluding hydrogens is 326 g/mol. The molecular formula is C19H17N7. The molecule has 0 unspecified atom stereocenters. The SMILES string of the molecule is N#Cc1cc(NCCCc2nn(-c3ccccc3)c(N)c2C#N)ccn1. The highest BCUT2D eigenvalue weighted by molar-refractivity contribution is 5.56. The lowest BCUT2D eigenvalue weighted by molar-refractivity contribution is 0.790. The minimum atomic E-state index is 0.356. The third kappa shape index (κ3) is 3.63. The number of hydrogen-bond donors (Lipinski definition) is 2. The smallest absolute Gasteiger partial charge is 0.145 e. The first-order valence-electron chi connectivity index (χ1n) is 8.16. The molecule has 0 spiro atoms. The predicted octanol–water partition coefficient (Wildman–Crippen LogP) is 2.64. The van der Waals surface area contributed by atoms with E-state index in [1.165, 1.54) is 0 Å². The number of nitrogens with one attached hydrogen (secondary N) is 1. The number of nitrogen functional groups attached to an aromatic ring is 1. The van der Waals surface area contributed by atoms with Gasteiger partial charge in [0, 0.05) is 18.4 Å². The first kappa shape index (κ1) is 17.0. The molecule has 0 radical (unpaired) electrons. The molecule has 0 aliphatic heterocycles. The average Bonchev–Trinajstić information content (AvgIpc) is 3.01. The Balaban J connectivity index is 1.67. The molecule has 2 aromatic heterocycles. The fraction of sp³-hybridized carbons (Fsp3) is 0.158. The summed E-state index contributed by atoms with van der Waals surface area (Å²) in [6.07, 6.45) is 2.98. The van der Waals surface area contributed by atoms with Gasteiger partial charge < -0.3 is 11.1 Å². The number of nitrogens with two attached hydrogens (primary N) is 1. The van der Waals surface area contributed by atoms with Crippen LogP contribution >= 0.6 is 0 Å². The minimum absolute atomic E-state index is 0.356. The number of nitrogens with zero attached hydrogens (tertiary/aromatic N) is 5. The number of benzene rings is 1. The number of rotatable bonds is 6. The Hall–Kier alpha value is -3.84. The summed E-state index contributed by atoms with van der Waals surface area (Å²) < 4.78 is 1.60. The summed E-state index contributed by atoms with van der Waals surface area (Å²) in [5, 5.41) is 26.0. The third-order valence-electron chi connectivity index (χ3n) is 3.90. The van der Waals surface area contributed by atoms with E-state index < -0.39 is 0 Å². The van der Waals surface area contributed by atoms with Gasteiger partial charge in [-0.15, -0.1) is 0 Å².